The number of para-hydroxylation sites is 2. The molecule has 1 spiro atoms. The molecule has 0 bridgehead atoms. The predicted octanol–water partition coefficient (Wildman–Crippen LogP) is 3.35. The number of benzene rings is 2. The van der Waals surface area contributed by atoms with Crippen LogP contribution >= 0.6 is 0 Å². The molecule has 1 atom stereocenters. The number of carbonyl (C=O) groups excluding carboxylic acids is 1. The lowest BCUT2D eigenvalue weighted by atomic mass is 9.83. The van der Waals surface area contributed by atoms with Crippen molar-refractivity contribution < 1.29 is 18.7 Å². The van der Waals surface area contributed by atoms with Crippen LogP contribution in [0.3, 0.4) is 0 Å². The van der Waals surface area contributed by atoms with Crippen LogP contribution in [0.4, 0.5) is 0 Å². The van der Waals surface area contributed by atoms with Crippen molar-refractivity contribution >= 4 is 17.0 Å². The Balaban J connectivity index is 1.17. The van der Waals surface area contributed by atoms with Crippen molar-refractivity contribution in [2.75, 3.05) is 19.7 Å². The zero-order valence-electron chi connectivity index (χ0n) is 18.1. The lowest BCUT2D eigenvalue weighted by Gasteiger charge is -2.46. The first kappa shape index (κ1) is 21.0. The molecule has 0 radical (unpaired) electrons. The third-order valence-corrected chi connectivity index (χ3v) is 6.67. The summed E-state index contributed by atoms with van der Waals surface area (Å²) in [5.41, 5.74) is 2.10. The van der Waals surface area contributed by atoms with Crippen molar-refractivity contribution in [2.24, 2.45) is 0 Å². The average Bonchev–Trinajstić information content (AvgIpc) is 3.14. The van der Waals surface area contributed by atoms with Gasteiger partial charge >= 0.3 is 5.76 Å². The molecule has 0 N–H and O–H groups in total. The molecule has 0 saturated carbocycles. The Morgan fingerprint density at radius 3 is 2.62 bits per heavy atom. The minimum Gasteiger partial charge on any atom is -0.408 e. The first-order valence-electron chi connectivity index (χ1n) is 11.3. The van der Waals surface area contributed by atoms with Gasteiger partial charge < -0.3 is 18.8 Å². The fraction of sp³-hybridized carbons (Fsp3) is 0.440. The lowest BCUT2D eigenvalue weighted by molar-refractivity contribution is -0.163. The van der Waals surface area contributed by atoms with E-state index in [2.05, 4.69) is 12.1 Å². The third-order valence-electron chi connectivity index (χ3n) is 6.67. The molecule has 2 aromatic carbocycles. The van der Waals surface area contributed by atoms with E-state index in [-0.39, 0.29) is 24.2 Å². The second-order valence-corrected chi connectivity index (χ2v) is 8.75. The number of oxazole rings is 1. The number of nitrogens with zero attached hydrogens (tertiary/aromatic N) is 2. The molecule has 2 saturated heterocycles. The molecule has 1 aromatic heterocycles. The van der Waals surface area contributed by atoms with Gasteiger partial charge in [0, 0.05) is 26.1 Å². The number of carbonyl (C=O) groups is 1. The Hall–Kier alpha value is -2.90. The first-order valence-corrected chi connectivity index (χ1v) is 11.3. The van der Waals surface area contributed by atoms with Crippen molar-refractivity contribution in [2.45, 2.75) is 50.5 Å². The zero-order valence-corrected chi connectivity index (χ0v) is 18.1. The Morgan fingerprint density at radius 2 is 1.81 bits per heavy atom. The SMILES string of the molecule is O=C(Cn1c(=O)oc2ccccc21)N1CCC2(CC1)CC(OCc1ccccc1)CCO2. The maximum absolute atomic E-state index is 12.9. The van der Waals surface area contributed by atoms with E-state index >= 15 is 0 Å². The Bertz CT molecular complexity index is 1130. The average molecular weight is 437 g/mol. The summed E-state index contributed by atoms with van der Waals surface area (Å²) >= 11 is 0. The number of hydrogen-bond acceptors (Lipinski definition) is 5. The molecule has 3 aromatic rings. The minimum atomic E-state index is -0.498. The van der Waals surface area contributed by atoms with Gasteiger partial charge in [0.05, 0.1) is 23.8 Å². The molecule has 7 heteroatoms. The third kappa shape index (κ3) is 4.36. The van der Waals surface area contributed by atoms with Gasteiger partial charge in [-0.1, -0.05) is 42.5 Å². The minimum absolute atomic E-state index is 0.00743. The number of fused-ring (bicyclic) bond motifs is 1. The number of ether oxygens (including phenoxy) is 2. The summed E-state index contributed by atoms with van der Waals surface area (Å²) in [6.45, 7) is 2.53. The van der Waals surface area contributed by atoms with Crippen LogP contribution in [0.5, 0.6) is 0 Å². The van der Waals surface area contributed by atoms with E-state index < -0.39 is 5.76 Å². The van der Waals surface area contributed by atoms with E-state index in [0.717, 1.165) is 25.7 Å². The molecular weight excluding hydrogens is 408 g/mol. The maximum Gasteiger partial charge on any atom is 0.420 e. The number of hydrogen-bond donors (Lipinski definition) is 0. The normalized spacial score (nSPS) is 20.6. The summed E-state index contributed by atoms with van der Waals surface area (Å²) in [5, 5.41) is 0. The maximum atomic E-state index is 12.9. The van der Waals surface area contributed by atoms with Gasteiger partial charge in [-0.15, -0.1) is 0 Å². The van der Waals surface area contributed by atoms with Crippen molar-refractivity contribution in [3.8, 4) is 0 Å². The molecule has 5 rings (SSSR count). The quantitative estimate of drug-likeness (QED) is 0.613. The van der Waals surface area contributed by atoms with Crippen LogP contribution in [0.1, 0.15) is 31.2 Å². The van der Waals surface area contributed by atoms with Gasteiger partial charge in [0.1, 0.15) is 6.54 Å². The number of piperidine rings is 1. The highest BCUT2D eigenvalue weighted by Crippen LogP contribution is 2.36. The second-order valence-electron chi connectivity index (χ2n) is 8.75. The van der Waals surface area contributed by atoms with Gasteiger partial charge in [0.2, 0.25) is 5.91 Å². The van der Waals surface area contributed by atoms with E-state index in [9.17, 15) is 9.59 Å². The summed E-state index contributed by atoms with van der Waals surface area (Å²) in [6, 6.07) is 17.4. The van der Waals surface area contributed by atoms with Gasteiger partial charge in [-0.25, -0.2) is 4.79 Å². The summed E-state index contributed by atoms with van der Waals surface area (Å²) in [4.78, 5) is 26.9. The molecule has 7 nitrogen and oxygen atoms in total. The van der Waals surface area contributed by atoms with Crippen LogP contribution in [0, 0.1) is 0 Å². The predicted molar refractivity (Wildman–Crippen MR) is 119 cm³/mol. The van der Waals surface area contributed by atoms with E-state index in [4.69, 9.17) is 13.9 Å². The molecule has 168 valence electrons. The lowest BCUT2D eigenvalue weighted by Crippen LogP contribution is -2.52. The summed E-state index contributed by atoms with van der Waals surface area (Å²) in [5.74, 6) is -0.566. The Kier molecular flexibility index (Phi) is 5.85. The first-order chi connectivity index (χ1) is 15.6. The van der Waals surface area contributed by atoms with Gasteiger partial charge in [-0.2, -0.15) is 0 Å². The highest BCUT2D eigenvalue weighted by atomic mass is 16.5. The van der Waals surface area contributed by atoms with Crippen LogP contribution in [0.2, 0.25) is 0 Å². The van der Waals surface area contributed by atoms with Gasteiger partial charge in [0.25, 0.3) is 0 Å². The number of rotatable bonds is 5. The fourth-order valence-electron chi connectivity index (χ4n) is 4.82. The molecule has 32 heavy (non-hydrogen) atoms. The fourth-order valence-corrected chi connectivity index (χ4v) is 4.82. The van der Waals surface area contributed by atoms with Gasteiger partial charge in [0.15, 0.2) is 5.58 Å². The molecule has 1 amide bonds. The van der Waals surface area contributed by atoms with Gasteiger partial charge in [-0.05, 0) is 37.0 Å². The topological polar surface area (TPSA) is 73.9 Å². The summed E-state index contributed by atoms with van der Waals surface area (Å²) in [7, 11) is 0. The highest BCUT2D eigenvalue weighted by molar-refractivity contribution is 5.79. The zero-order chi connectivity index (χ0) is 22.0. The standard InChI is InChI=1S/C25H28N2O5/c28-23(17-27-21-8-4-5-9-22(21)32-24(27)29)26-13-11-25(12-14-26)16-20(10-15-31-25)30-18-19-6-2-1-3-7-19/h1-9,20H,10-18H2. The summed E-state index contributed by atoms with van der Waals surface area (Å²) < 4.78 is 19.1. The van der Waals surface area contributed by atoms with Crippen molar-refractivity contribution in [3.05, 3.63) is 70.7 Å². The van der Waals surface area contributed by atoms with E-state index in [1.54, 1.807) is 12.1 Å². The largest absolute Gasteiger partial charge is 0.420 e. The van der Waals surface area contributed by atoms with Crippen molar-refractivity contribution in [3.63, 3.8) is 0 Å². The molecule has 0 aliphatic carbocycles. The van der Waals surface area contributed by atoms with E-state index in [1.807, 2.05) is 35.2 Å². The van der Waals surface area contributed by atoms with Crippen molar-refractivity contribution in [1.82, 2.24) is 9.47 Å². The number of aromatic nitrogens is 1. The molecule has 3 heterocycles. The van der Waals surface area contributed by atoms with E-state index in [1.165, 1.54) is 10.1 Å². The molecule has 2 fully saturated rings. The second kappa shape index (κ2) is 8.92. The van der Waals surface area contributed by atoms with Crippen LogP contribution in [-0.2, 0) is 27.4 Å². The van der Waals surface area contributed by atoms with E-state index in [0.29, 0.717) is 37.4 Å². The van der Waals surface area contributed by atoms with Crippen LogP contribution in [0.15, 0.2) is 63.8 Å². The number of likely N-dealkylation sites (tertiary alicyclic amines) is 1. The monoisotopic (exact) mass is 436 g/mol. The smallest absolute Gasteiger partial charge is 0.408 e. The van der Waals surface area contributed by atoms with Crippen LogP contribution < -0.4 is 5.76 Å². The molecule has 1 unspecified atom stereocenters. The van der Waals surface area contributed by atoms with Crippen molar-refractivity contribution in [1.29, 1.82) is 0 Å². The Morgan fingerprint density at radius 1 is 1.06 bits per heavy atom. The molecule has 2 aliphatic heterocycles. The molecular formula is C25H28N2O5. The molecule has 2 aliphatic rings. The van der Waals surface area contributed by atoms with Crippen LogP contribution in [0.25, 0.3) is 11.1 Å². The van der Waals surface area contributed by atoms with Gasteiger partial charge in [-0.3, -0.25) is 9.36 Å². The number of amides is 1. The Labute approximate surface area is 186 Å². The van der Waals surface area contributed by atoms with Crippen LogP contribution in [-0.4, -0.2) is 46.8 Å². The summed E-state index contributed by atoms with van der Waals surface area (Å²) in [6.07, 6.45) is 3.49. The highest BCUT2D eigenvalue weighted by Gasteiger charge is 2.41.